The summed E-state index contributed by atoms with van der Waals surface area (Å²) in [6.45, 7) is 0.863. The number of nitrogen functional groups attached to an aromatic ring is 1. The summed E-state index contributed by atoms with van der Waals surface area (Å²) in [7, 11) is 0. The van der Waals surface area contributed by atoms with E-state index in [1.54, 1.807) is 0 Å². The number of benzene rings is 1. The molecule has 0 spiro atoms. The van der Waals surface area contributed by atoms with Gasteiger partial charge in [-0.1, -0.05) is 6.07 Å². The number of nitrogens with zero attached hydrogens (tertiary/aromatic N) is 1. The highest BCUT2D eigenvalue weighted by atomic mass is 14.8. The molecule has 1 aliphatic carbocycles. The van der Waals surface area contributed by atoms with Gasteiger partial charge >= 0.3 is 0 Å². The smallest absolute Gasteiger partial charge is 0.0649 e. The lowest BCUT2D eigenvalue weighted by molar-refractivity contribution is 1.09. The van der Waals surface area contributed by atoms with Crippen molar-refractivity contribution in [2.24, 2.45) is 10.9 Å². The van der Waals surface area contributed by atoms with Gasteiger partial charge in [0.25, 0.3) is 0 Å². The Morgan fingerprint density at radius 3 is 2.92 bits per heavy atom. The van der Waals surface area contributed by atoms with Crippen LogP contribution in [0.2, 0.25) is 0 Å². The number of rotatable bonds is 1. The maximum Gasteiger partial charge on any atom is 0.0649 e. The second-order valence-electron chi connectivity index (χ2n) is 3.89. The Labute approximate surface area is 77.5 Å². The molecule has 13 heavy (non-hydrogen) atoms. The molecule has 1 fully saturated rings. The van der Waals surface area contributed by atoms with Crippen LogP contribution in [-0.4, -0.2) is 5.71 Å². The highest BCUT2D eigenvalue weighted by Gasteiger charge is 2.31. The number of aliphatic imine (C=N–C) groups is 1. The van der Waals surface area contributed by atoms with Crippen molar-refractivity contribution in [2.75, 3.05) is 5.73 Å². The zero-order valence-electron chi connectivity index (χ0n) is 7.46. The predicted octanol–water partition coefficient (Wildman–Crippen LogP) is 1.98. The van der Waals surface area contributed by atoms with Gasteiger partial charge in [0.2, 0.25) is 0 Å². The SMILES string of the molecule is Nc1ccc2c(c1)C(C1CC1)=NC2. The summed E-state index contributed by atoms with van der Waals surface area (Å²) in [4.78, 5) is 4.57. The van der Waals surface area contributed by atoms with Gasteiger partial charge in [0, 0.05) is 22.9 Å². The highest BCUT2D eigenvalue weighted by molar-refractivity contribution is 6.07. The summed E-state index contributed by atoms with van der Waals surface area (Å²) in [5.74, 6) is 0.739. The topological polar surface area (TPSA) is 38.4 Å². The summed E-state index contributed by atoms with van der Waals surface area (Å²) < 4.78 is 0. The van der Waals surface area contributed by atoms with Crippen molar-refractivity contribution in [1.29, 1.82) is 0 Å². The molecule has 1 aromatic rings. The standard InChI is InChI=1S/C11H12N2/c12-9-4-3-8-6-13-11(7-1-2-7)10(8)5-9/h3-5,7H,1-2,6,12H2. The lowest BCUT2D eigenvalue weighted by Crippen LogP contribution is -2.01. The van der Waals surface area contributed by atoms with Gasteiger partial charge in [0.15, 0.2) is 0 Å². The van der Waals surface area contributed by atoms with Crippen LogP contribution in [0.25, 0.3) is 0 Å². The van der Waals surface area contributed by atoms with Crippen LogP contribution in [0.4, 0.5) is 5.69 Å². The molecular weight excluding hydrogens is 160 g/mol. The van der Waals surface area contributed by atoms with Gasteiger partial charge in [-0.2, -0.15) is 0 Å². The van der Waals surface area contributed by atoms with Crippen LogP contribution in [0.1, 0.15) is 24.0 Å². The summed E-state index contributed by atoms with van der Waals surface area (Å²) in [6.07, 6.45) is 2.63. The van der Waals surface area contributed by atoms with Gasteiger partial charge in [-0.15, -0.1) is 0 Å². The van der Waals surface area contributed by atoms with Crippen LogP contribution in [0.3, 0.4) is 0 Å². The fourth-order valence-corrected chi connectivity index (χ4v) is 1.93. The lowest BCUT2D eigenvalue weighted by atomic mass is 10.0. The highest BCUT2D eigenvalue weighted by Crippen LogP contribution is 2.37. The Balaban J connectivity index is 2.09. The molecule has 2 N–H and O–H groups in total. The van der Waals surface area contributed by atoms with Crippen molar-refractivity contribution < 1.29 is 0 Å². The minimum Gasteiger partial charge on any atom is -0.399 e. The Morgan fingerprint density at radius 1 is 1.31 bits per heavy atom. The van der Waals surface area contributed by atoms with Crippen molar-refractivity contribution in [3.63, 3.8) is 0 Å². The molecule has 1 aliphatic heterocycles. The zero-order valence-corrected chi connectivity index (χ0v) is 7.46. The van der Waals surface area contributed by atoms with E-state index in [9.17, 15) is 0 Å². The average Bonchev–Trinajstić information content (AvgIpc) is 2.87. The fraction of sp³-hybridized carbons (Fsp3) is 0.364. The van der Waals surface area contributed by atoms with Crippen LogP contribution < -0.4 is 5.73 Å². The molecule has 0 saturated heterocycles. The van der Waals surface area contributed by atoms with E-state index < -0.39 is 0 Å². The Hall–Kier alpha value is -1.31. The molecule has 1 heterocycles. The molecule has 1 saturated carbocycles. The maximum absolute atomic E-state index is 5.76. The maximum atomic E-state index is 5.76. The monoisotopic (exact) mass is 172 g/mol. The first kappa shape index (κ1) is 7.13. The van der Waals surface area contributed by atoms with E-state index in [0.717, 1.165) is 18.2 Å². The number of hydrogen-bond donors (Lipinski definition) is 1. The minimum absolute atomic E-state index is 0.739. The Kier molecular flexibility index (Phi) is 1.29. The molecule has 3 rings (SSSR count). The zero-order chi connectivity index (χ0) is 8.84. The normalized spacial score (nSPS) is 19.8. The molecule has 0 amide bonds. The first-order chi connectivity index (χ1) is 6.34. The van der Waals surface area contributed by atoms with Crippen LogP contribution in [0.5, 0.6) is 0 Å². The number of hydrogen-bond acceptors (Lipinski definition) is 2. The predicted molar refractivity (Wildman–Crippen MR) is 53.8 cm³/mol. The second kappa shape index (κ2) is 2.34. The second-order valence-corrected chi connectivity index (χ2v) is 3.89. The molecule has 0 bridgehead atoms. The molecular formula is C11H12N2. The van der Waals surface area contributed by atoms with Gasteiger partial charge in [-0.05, 0) is 30.5 Å². The van der Waals surface area contributed by atoms with E-state index in [1.807, 2.05) is 6.07 Å². The molecule has 2 heteroatoms. The third-order valence-electron chi connectivity index (χ3n) is 2.79. The molecule has 1 aromatic carbocycles. The van der Waals surface area contributed by atoms with E-state index >= 15 is 0 Å². The van der Waals surface area contributed by atoms with Crippen LogP contribution >= 0.6 is 0 Å². The molecule has 0 unspecified atom stereocenters. The van der Waals surface area contributed by atoms with Crippen molar-refractivity contribution in [3.8, 4) is 0 Å². The van der Waals surface area contributed by atoms with E-state index in [1.165, 1.54) is 29.7 Å². The average molecular weight is 172 g/mol. The first-order valence-electron chi connectivity index (χ1n) is 4.78. The fourth-order valence-electron chi connectivity index (χ4n) is 1.93. The van der Waals surface area contributed by atoms with E-state index in [2.05, 4.69) is 17.1 Å². The quantitative estimate of drug-likeness (QED) is 0.646. The van der Waals surface area contributed by atoms with Gasteiger partial charge in [0.1, 0.15) is 0 Å². The van der Waals surface area contributed by atoms with Crippen LogP contribution in [-0.2, 0) is 6.54 Å². The number of nitrogens with two attached hydrogens (primary N) is 1. The van der Waals surface area contributed by atoms with Crippen LogP contribution in [0.15, 0.2) is 23.2 Å². The van der Waals surface area contributed by atoms with Gasteiger partial charge in [-0.3, -0.25) is 4.99 Å². The van der Waals surface area contributed by atoms with E-state index in [4.69, 9.17) is 5.73 Å². The first-order valence-corrected chi connectivity index (χ1v) is 4.78. The third-order valence-corrected chi connectivity index (χ3v) is 2.79. The van der Waals surface area contributed by atoms with Crippen molar-refractivity contribution in [1.82, 2.24) is 0 Å². The van der Waals surface area contributed by atoms with E-state index in [-0.39, 0.29) is 0 Å². The molecule has 66 valence electrons. The summed E-state index contributed by atoms with van der Waals surface area (Å²) in [5.41, 5.74) is 10.6. The van der Waals surface area contributed by atoms with Gasteiger partial charge < -0.3 is 5.73 Å². The van der Waals surface area contributed by atoms with Crippen molar-refractivity contribution >= 4 is 11.4 Å². The van der Waals surface area contributed by atoms with Gasteiger partial charge in [0.05, 0.1) is 6.54 Å². The Morgan fingerprint density at radius 2 is 2.15 bits per heavy atom. The Bertz CT molecular complexity index is 389. The third kappa shape index (κ3) is 1.05. The van der Waals surface area contributed by atoms with Crippen molar-refractivity contribution in [2.45, 2.75) is 19.4 Å². The molecule has 0 aromatic heterocycles. The summed E-state index contributed by atoms with van der Waals surface area (Å²) in [6, 6.07) is 6.13. The molecule has 0 radical (unpaired) electrons. The lowest BCUT2D eigenvalue weighted by Gasteiger charge is -2.02. The number of anilines is 1. The summed E-state index contributed by atoms with van der Waals surface area (Å²) >= 11 is 0. The number of fused-ring (bicyclic) bond motifs is 1. The van der Waals surface area contributed by atoms with Crippen LogP contribution in [0, 0.1) is 5.92 Å². The van der Waals surface area contributed by atoms with Crippen molar-refractivity contribution in [3.05, 3.63) is 29.3 Å². The summed E-state index contributed by atoms with van der Waals surface area (Å²) in [5, 5.41) is 0. The van der Waals surface area contributed by atoms with E-state index in [0.29, 0.717) is 0 Å². The minimum atomic E-state index is 0.739. The van der Waals surface area contributed by atoms with Gasteiger partial charge in [-0.25, -0.2) is 0 Å². The molecule has 2 aliphatic rings. The molecule has 0 atom stereocenters. The molecule has 2 nitrogen and oxygen atoms in total. The largest absolute Gasteiger partial charge is 0.399 e.